The number of piperidine rings is 1. The fourth-order valence-corrected chi connectivity index (χ4v) is 2.66. The Bertz CT molecular complexity index is 369. The van der Waals surface area contributed by atoms with E-state index in [9.17, 15) is 5.11 Å². The summed E-state index contributed by atoms with van der Waals surface area (Å²) in [5.74, 6) is 0. The molecule has 1 unspecified atom stereocenters. The molecule has 1 atom stereocenters. The van der Waals surface area contributed by atoms with Crippen molar-refractivity contribution in [1.29, 1.82) is 0 Å². The zero-order chi connectivity index (χ0) is 13.7. The third kappa shape index (κ3) is 3.71. The maximum atomic E-state index is 9.79. The van der Waals surface area contributed by atoms with E-state index >= 15 is 0 Å². The maximum Gasteiger partial charge on any atom is 0.0787 e. The van der Waals surface area contributed by atoms with Crippen molar-refractivity contribution in [2.45, 2.75) is 45.3 Å². The van der Waals surface area contributed by atoms with Gasteiger partial charge in [-0.15, -0.1) is 0 Å². The molecule has 1 aliphatic rings. The van der Waals surface area contributed by atoms with Crippen LogP contribution in [0.3, 0.4) is 0 Å². The Morgan fingerprint density at radius 1 is 1.21 bits per heavy atom. The van der Waals surface area contributed by atoms with Crippen LogP contribution in [-0.4, -0.2) is 30.9 Å². The van der Waals surface area contributed by atoms with Crippen LogP contribution in [0, 0.1) is 0 Å². The lowest BCUT2D eigenvalue weighted by Crippen LogP contribution is -2.37. The van der Waals surface area contributed by atoms with Crippen molar-refractivity contribution >= 4 is 5.69 Å². The summed E-state index contributed by atoms with van der Waals surface area (Å²) in [7, 11) is 0. The third-order valence-corrected chi connectivity index (χ3v) is 3.87. The van der Waals surface area contributed by atoms with Gasteiger partial charge in [0.2, 0.25) is 0 Å². The zero-order valence-electron chi connectivity index (χ0n) is 12.0. The standard InChI is InChI=1S/C16H25NO2/c1-3-16(18)13-5-7-14(8-6-13)17-11-9-15(10-12-17)19-4-2/h5-8,15-16,18H,3-4,9-12H2,1-2H3. The quantitative estimate of drug-likeness (QED) is 0.886. The Kier molecular flexibility index (Phi) is 5.23. The lowest BCUT2D eigenvalue weighted by molar-refractivity contribution is 0.0459. The summed E-state index contributed by atoms with van der Waals surface area (Å²) >= 11 is 0. The number of benzene rings is 1. The highest BCUT2D eigenvalue weighted by atomic mass is 16.5. The number of anilines is 1. The summed E-state index contributed by atoms with van der Waals surface area (Å²) in [5.41, 5.74) is 2.26. The largest absolute Gasteiger partial charge is 0.388 e. The summed E-state index contributed by atoms with van der Waals surface area (Å²) < 4.78 is 5.67. The van der Waals surface area contributed by atoms with Crippen LogP contribution in [0.4, 0.5) is 5.69 Å². The number of rotatable bonds is 5. The van der Waals surface area contributed by atoms with E-state index in [1.807, 2.05) is 19.1 Å². The molecular formula is C16H25NO2. The molecule has 3 nitrogen and oxygen atoms in total. The highest BCUT2D eigenvalue weighted by Gasteiger charge is 2.19. The molecule has 106 valence electrons. The van der Waals surface area contributed by atoms with Crippen LogP contribution >= 0.6 is 0 Å². The Hall–Kier alpha value is -1.06. The van der Waals surface area contributed by atoms with Crippen LogP contribution in [0.15, 0.2) is 24.3 Å². The SMILES string of the molecule is CCOC1CCN(c2ccc(C(O)CC)cc2)CC1. The maximum absolute atomic E-state index is 9.79. The van der Waals surface area contributed by atoms with Gasteiger partial charge in [-0.2, -0.15) is 0 Å². The molecule has 1 N–H and O–H groups in total. The first-order valence-electron chi connectivity index (χ1n) is 7.39. The van der Waals surface area contributed by atoms with Crippen molar-refractivity contribution in [3.05, 3.63) is 29.8 Å². The van der Waals surface area contributed by atoms with Crippen molar-refractivity contribution in [2.75, 3.05) is 24.6 Å². The molecule has 0 aliphatic carbocycles. The van der Waals surface area contributed by atoms with Crippen LogP contribution in [-0.2, 0) is 4.74 Å². The average molecular weight is 263 g/mol. The third-order valence-electron chi connectivity index (χ3n) is 3.87. The number of aliphatic hydroxyl groups is 1. The lowest BCUT2D eigenvalue weighted by Gasteiger charge is -2.33. The topological polar surface area (TPSA) is 32.7 Å². The molecule has 1 heterocycles. The van der Waals surface area contributed by atoms with Crippen LogP contribution in [0.25, 0.3) is 0 Å². The molecule has 0 aromatic heterocycles. The van der Waals surface area contributed by atoms with Crippen molar-refractivity contribution < 1.29 is 9.84 Å². The van der Waals surface area contributed by atoms with Crippen molar-refractivity contribution in [3.8, 4) is 0 Å². The normalized spacial score (nSPS) is 18.6. The molecule has 2 rings (SSSR count). The van der Waals surface area contributed by atoms with Gasteiger partial charge in [-0.25, -0.2) is 0 Å². The van der Waals surface area contributed by atoms with E-state index in [1.54, 1.807) is 0 Å². The number of ether oxygens (including phenoxy) is 1. The number of aliphatic hydroxyl groups excluding tert-OH is 1. The lowest BCUT2D eigenvalue weighted by atomic mass is 10.0. The first kappa shape index (κ1) is 14.4. The van der Waals surface area contributed by atoms with E-state index in [4.69, 9.17) is 4.74 Å². The molecule has 19 heavy (non-hydrogen) atoms. The first-order valence-corrected chi connectivity index (χ1v) is 7.39. The van der Waals surface area contributed by atoms with Crippen molar-refractivity contribution in [2.24, 2.45) is 0 Å². The molecule has 0 saturated carbocycles. The zero-order valence-corrected chi connectivity index (χ0v) is 12.0. The molecule has 0 bridgehead atoms. The van der Waals surface area contributed by atoms with E-state index in [0.29, 0.717) is 6.10 Å². The number of hydrogen-bond donors (Lipinski definition) is 1. The molecule has 0 spiro atoms. The second-order valence-electron chi connectivity index (χ2n) is 5.16. The van der Waals surface area contributed by atoms with Gasteiger partial charge in [0.05, 0.1) is 12.2 Å². The smallest absolute Gasteiger partial charge is 0.0787 e. The van der Waals surface area contributed by atoms with Crippen LogP contribution in [0.5, 0.6) is 0 Å². The molecule has 1 fully saturated rings. The van der Waals surface area contributed by atoms with Gasteiger partial charge in [-0.3, -0.25) is 0 Å². The second kappa shape index (κ2) is 6.92. The molecule has 3 heteroatoms. The van der Waals surface area contributed by atoms with Gasteiger partial charge in [-0.05, 0) is 43.9 Å². The predicted molar refractivity (Wildman–Crippen MR) is 78.6 cm³/mol. The minimum atomic E-state index is -0.335. The Morgan fingerprint density at radius 3 is 2.37 bits per heavy atom. The van der Waals surface area contributed by atoms with Crippen LogP contribution < -0.4 is 4.90 Å². The monoisotopic (exact) mass is 263 g/mol. The summed E-state index contributed by atoms with van der Waals surface area (Å²) in [6, 6.07) is 8.32. The van der Waals surface area contributed by atoms with Gasteiger partial charge in [0.1, 0.15) is 0 Å². The van der Waals surface area contributed by atoms with Crippen molar-refractivity contribution in [3.63, 3.8) is 0 Å². The average Bonchev–Trinajstić information content (AvgIpc) is 2.48. The Labute approximate surface area is 116 Å². The van der Waals surface area contributed by atoms with Gasteiger partial charge in [0, 0.05) is 25.4 Å². The van der Waals surface area contributed by atoms with Gasteiger partial charge < -0.3 is 14.7 Å². The van der Waals surface area contributed by atoms with E-state index in [-0.39, 0.29) is 6.10 Å². The highest BCUT2D eigenvalue weighted by Crippen LogP contribution is 2.24. The van der Waals surface area contributed by atoms with Gasteiger partial charge in [-0.1, -0.05) is 19.1 Å². The molecule has 1 aliphatic heterocycles. The predicted octanol–water partition coefficient (Wildman–Crippen LogP) is 3.14. The summed E-state index contributed by atoms with van der Waals surface area (Å²) in [5, 5.41) is 9.79. The number of nitrogens with zero attached hydrogens (tertiary/aromatic N) is 1. The van der Waals surface area contributed by atoms with Gasteiger partial charge >= 0.3 is 0 Å². The molecule has 1 aromatic rings. The minimum absolute atomic E-state index is 0.335. The van der Waals surface area contributed by atoms with E-state index in [2.05, 4.69) is 24.0 Å². The first-order chi connectivity index (χ1) is 9.24. The number of hydrogen-bond acceptors (Lipinski definition) is 3. The van der Waals surface area contributed by atoms with E-state index < -0.39 is 0 Å². The molecular weight excluding hydrogens is 238 g/mol. The Morgan fingerprint density at radius 2 is 1.84 bits per heavy atom. The molecule has 0 amide bonds. The van der Waals surface area contributed by atoms with E-state index in [0.717, 1.165) is 44.5 Å². The molecule has 1 saturated heterocycles. The summed E-state index contributed by atoms with van der Waals surface area (Å²) in [6.07, 6.45) is 3.07. The second-order valence-corrected chi connectivity index (χ2v) is 5.16. The Balaban J connectivity index is 1.92. The van der Waals surface area contributed by atoms with Gasteiger partial charge in [0.15, 0.2) is 0 Å². The fraction of sp³-hybridized carbons (Fsp3) is 0.625. The van der Waals surface area contributed by atoms with E-state index in [1.165, 1.54) is 5.69 Å². The summed E-state index contributed by atoms with van der Waals surface area (Å²) in [4.78, 5) is 2.40. The molecule has 0 radical (unpaired) electrons. The van der Waals surface area contributed by atoms with Gasteiger partial charge in [0.25, 0.3) is 0 Å². The highest BCUT2D eigenvalue weighted by molar-refractivity contribution is 5.48. The van der Waals surface area contributed by atoms with Crippen LogP contribution in [0.1, 0.15) is 44.8 Å². The molecule has 1 aromatic carbocycles. The van der Waals surface area contributed by atoms with Crippen molar-refractivity contribution in [1.82, 2.24) is 0 Å². The summed E-state index contributed by atoms with van der Waals surface area (Å²) in [6.45, 7) is 6.98. The minimum Gasteiger partial charge on any atom is -0.388 e. The van der Waals surface area contributed by atoms with Crippen LogP contribution in [0.2, 0.25) is 0 Å². The fourth-order valence-electron chi connectivity index (χ4n) is 2.66.